The highest BCUT2D eigenvalue weighted by atomic mass is 19.4. The molecule has 3 aromatic rings. The summed E-state index contributed by atoms with van der Waals surface area (Å²) >= 11 is 0. The summed E-state index contributed by atoms with van der Waals surface area (Å²) < 4.78 is 53.7. The molecule has 0 bridgehead atoms. The molecule has 0 atom stereocenters. The number of aromatic nitrogens is 4. The van der Waals surface area contributed by atoms with Crippen molar-refractivity contribution in [1.82, 2.24) is 30.2 Å². The van der Waals surface area contributed by atoms with Gasteiger partial charge in [-0.1, -0.05) is 6.07 Å². The van der Waals surface area contributed by atoms with E-state index in [9.17, 15) is 27.2 Å². The maximum absolute atomic E-state index is 13.9. The van der Waals surface area contributed by atoms with E-state index in [0.717, 1.165) is 25.0 Å². The fourth-order valence-electron chi connectivity index (χ4n) is 3.30. The standard InChI is InChI=1S/C20H16F4N8O2/c21-13-5-9(1-4-12(13)20(22,23)24)7-25-17-29-15-10(6-14-16(33)30-19(34)28-14)8-26-32(15)18(31-17)27-11-2-3-11/h1,4-6,8,11H,2-3,7H2,(H2,25,27,29,31)(H2,28,30,33,34)/b14-6-. The van der Waals surface area contributed by atoms with Crippen molar-refractivity contribution in [1.29, 1.82) is 0 Å². The van der Waals surface area contributed by atoms with E-state index in [-0.39, 0.29) is 29.8 Å². The lowest BCUT2D eigenvalue weighted by Crippen LogP contribution is -2.22. The molecule has 1 saturated carbocycles. The summed E-state index contributed by atoms with van der Waals surface area (Å²) in [6.45, 7) is -0.0445. The van der Waals surface area contributed by atoms with Gasteiger partial charge in [-0.15, -0.1) is 0 Å². The Balaban J connectivity index is 1.45. The number of anilines is 2. The van der Waals surface area contributed by atoms with E-state index in [0.29, 0.717) is 23.2 Å². The van der Waals surface area contributed by atoms with Crippen LogP contribution in [0.4, 0.5) is 34.3 Å². The van der Waals surface area contributed by atoms with Gasteiger partial charge in [0.1, 0.15) is 11.5 Å². The van der Waals surface area contributed by atoms with Crippen molar-refractivity contribution in [3.05, 3.63) is 52.6 Å². The van der Waals surface area contributed by atoms with Crippen molar-refractivity contribution in [3.8, 4) is 0 Å². The van der Waals surface area contributed by atoms with Gasteiger partial charge in [0, 0.05) is 18.2 Å². The number of amides is 3. The maximum Gasteiger partial charge on any atom is 0.419 e. The van der Waals surface area contributed by atoms with Gasteiger partial charge in [-0.05, 0) is 36.6 Å². The normalized spacial score (nSPS) is 17.2. The number of benzene rings is 1. The van der Waals surface area contributed by atoms with Gasteiger partial charge in [0.15, 0.2) is 5.65 Å². The molecule has 14 heteroatoms. The second-order valence-electron chi connectivity index (χ2n) is 7.76. The molecule has 34 heavy (non-hydrogen) atoms. The van der Waals surface area contributed by atoms with Crippen molar-refractivity contribution in [2.24, 2.45) is 0 Å². The summed E-state index contributed by atoms with van der Waals surface area (Å²) in [5, 5.41) is 14.8. The highest BCUT2D eigenvalue weighted by molar-refractivity contribution is 6.14. The van der Waals surface area contributed by atoms with Crippen LogP contribution in [0.3, 0.4) is 0 Å². The van der Waals surface area contributed by atoms with Gasteiger partial charge >= 0.3 is 12.2 Å². The highest BCUT2D eigenvalue weighted by Crippen LogP contribution is 2.32. The number of halogens is 4. The number of carbonyl (C=O) groups excluding carboxylic acids is 2. The third kappa shape index (κ3) is 4.33. The number of alkyl halides is 3. The molecule has 1 aliphatic heterocycles. The van der Waals surface area contributed by atoms with E-state index in [1.807, 2.05) is 0 Å². The number of fused-ring (bicyclic) bond motifs is 1. The second kappa shape index (κ2) is 7.97. The summed E-state index contributed by atoms with van der Waals surface area (Å²) in [6, 6.07) is 2.20. The lowest BCUT2D eigenvalue weighted by Gasteiger charge is -2.12. The van der Waals surface area contributed by atoms with Gasteiger partial charge in [0.05, 0.1) is 11.8 Å². The van der Waals surface area contributed by atoms with Crippen LogP contribution in [0.25, 0.3) is 11.7 Å². The van der Waals surface area contributed by atoms with Gasteiger partial charge in [-0.2, -0.15) is 32.8 Å². The first-order valence-electron chi connectivity index (χ1n) is 10.1. The number of hydrogen-bond acceptors (Lipinski definition) is 7. The fourth-order valence-corrected chi connectivity index (χ4v) is 3.30. The minimum Gasteiger partial charge on any atom is -0.351 e. The minimum atomic E-state index is -4.78. The Morgan fingerprint density at radius 2 is 1.97 bits per heavy atom. The molecule has 3 amide bonds. The molecule has 3 heterocycles. The van der Waals surface area contributed by atoms with Crippen LogP contribution >= 0.6 is 0 Å². The van der Waals surface area contributed by atoms with Crippen molar-refractivity contribution < 1.29 is 27.2 Å². The van der Waals surface area contributed by atoms with Crippen LogP contribution in [0.15, 0.2) is 30.1 Å². The van der Waals surface area contributed by atoms with E-state index in [1.54, 1.807) is 0 Å². The van der Waals surface area contributed by atoms with Crippen molar-refractivity contribution in [2.45, 2.75) is 31.6 Å². The molecule has 2 fully saturated rings. The molecular weight excluding hydrogens is 460 g/mol. The molecule has 5 rings (SSSR count). The summed E-state index contributed by atoms with van der Waals surface area (Å²) in [5.41, 5.74) is -0.348. The Bertz CT molecular complexity index is 1350. The van der Waals surface area contributed by atoms with Crippen LogP contribution in [-0.2, 0) is 17.5 Å². The molecular formula is C20H16F4N8O2. The van der Waals surface area contributed by atoms with E-state index in [4.69, 9.17) is 0 Å². The number of nitrogens with one attached hydrogen (secondary N) is 4. The van der Waals surface area contributed by atoms with Crippen LogP contribution in [0.1, 0.15) is 29.5 Å². The van der Waals surface area contributed by atoms with Crippen LogP contribution in [0.5, 0.6) is 0 Å². The van der Waals surface area contributed by atoms with Gasteiger partial charge in [0.25, 0.3) is 5.91 Å². The molecule has 1 aromatic carbocycles. The quantitative estimate of drug-likeness (QED) is 0.245. The Labute approximate surface area is 188 Å². The lowest BCUT2D eigenvalue weighted by atomic mass is 10.1. The molecule has 0 unspecified atom stereocenters. The molecule has 176 valence electrons. The van der Waals surface area contributed by atoms with Crippen molar-refractivity contribution in [3.63, 3.8) is 0 Å². The monoisotopic (exact) mass is 476 g/mol. The van der Waals surface area contributed by atoms with E-state index < -0.39 is 29.5 Å². The molecule has 0 spiro atoms. The van der Waals surface area contributed by atoms with Gasteiger partial charge in [-0.25, -0.2) is 9.18 Å². The summed E-state index contributed by atoms with van der Waals surface area (Å²) in [6.07, 6.45) is -0.0313. The Hall–Kier alpha value is -4.23. The first-order chi connectivity index (χ1) is 16.2. The van der Waals surface area contributed by atoms with Gasteiger partial charge in [-0.3, -0.25) is 10.1 Å². The Morgan fingerprint density at radius 3 is 2.62 bits per heavy atom. The van der Waals surface area contributed by atoms with Crippen LogP contribution < -0.4 is 21.3 Å². The number of carbonyl (C=O) groups is 2. The number of imide groups is 1. The fraction of sp³-hybridized carbons (Fsp3) is 0.250. The van der Waals surface area contributed by atoms with Crippen LogP contribution in [0.2, 0.25) is 0 Å². The molecule has 0 radical (unpaired) electrons. The molecule has 2 aromatic heterocycles. The first-order valence-corrected chi connectivity index (χ1v) is 10.1. The number of hydrogen-bond donors (Lipinski definition) is 4. The summed E-state index contributed by atoms with van der Waals surface area (Å²) in [7, 11) is 0. The summed E-state index contributed by atoms with van der Waals surface area (Å²) in [4.78, 5) is 32.0. The molecule has 1 saturated heterocycles. The third-order valence-electron chi connectivity index (χ3n) is 5.12. The molecule has 1 aliphatic carbocycles. The zero-order valence-electron chi connectivity index (χ0n) is 17.2. The Kier molecular flexibility index (Phi) is 5.06. The SMILES string of the molecule is O=C1NC(=O)/C(=C/c2cnn3c(NC4CC4)nc(NCc4ccc(C(F)(F)F)c(F)c4)nc23)N1. The molecule has 4 N–H and O–H groups in total. The lowest BCUT2D eigenvalue weighted by molar-refractivity contribution is -0.140. The second-order valence-corrected chi connectivity index (χ2v) is 7.76. The van der Waals surface area contributed by atoms with E-state index in [1.165, 1.54) is 16.8 Å². The van der Waals surface area contributed by atoms with E-state index in [2.05, 4.69) is 36.3 Å². The average Bonchev–Trinajstić information content (AvgIpc) is 3.40. The van der Waals surface area contributed by atoms with E-state index >= 15 is 0 Å². The summed E-state index contributed by atoms with van der Waals surface area (Å²) in [5.74, 6) is -1.51. The van der Waals surface area contributed by atoms with Crippen LogP contribution in [-0.4, -0.2) is 37.6 Å². The number of nitrogens with zero attached hydrogens (tertiary/aromatic N) is 4. The smallest absolute Gasteiger partial charge is 0.351 e. The minimum absolute atomic E-state index is 0.0185. The number of urea groups is 1. The van der Waals surface area contributed by atoms with Crippen molar-refractivity contribution in [2.75, 3.05) is 10.6 Å². The maximum atomic E-state index is 13.9. The van der Waals surface area contributed by atoms with Crippen molar-refractivity contribution >= 4 is 35.6 Å². The van der Waals surface area contributed by atoms with Gasteiger partial charge < -0.3 is 16.0 Å². The largest absolute Gasteiger partial charge is 0.419 e. The zero-order chi connectivity index (χ0) is 24.0. The third-order valence-corrected chi connectivity index (χ3v) is 5.12. The average molecular weight is 476 g/mol. The molecule has 2 aliphatic rings. The first kappa shape index (κ1) is 21.6. The zero-order valence-corrected chi connectivity index (χ0v) is 17.2. The Morgan fingerprint density at radius 1 is 1.18 bits per heavy atom. The number of rotatable bonds is 6. The predicted molar refractivity (Wildman–Crippen MR) is 111 cm³/mol. The van der Waals surface area contributed by atoms with Crippen LogP contribution in [0, 0.1) is 5.82 Å². The topological polar surface area (TPSA) is 125 Å². The predicted octanol–water partition coefficient (Wildman–Crippen LogP) is 2.65. The molecule has 10 nitrogen and oxygen atoms in total. The van der Waals surface area contributed by atoms with Gasteiger partial charge in [0.2, 0.25) is 11.9 Å². The highest BCUT2D eigenvalue weighted by Gasteiger charge is 2.34.